The van der Waals surface area contributed by atoms with Crippen LogP contribution in [-0.2, 0) is 4.74 Å². The van der Waals surface area contributed by atoms with Gasteiger partial charge in [-0.25, -0.2) is 4.79 Å². The molecule has 25 heavy (non-hydrogen) atoms. The first-order valence-electron chi connectivity index (χ1n) is 7.95. The topological polar surface area (TPSA) is 67.7 Å². The molecular weight excluding hydrogens is 336 g/mol. The van der Waals surface area contributed by atoms with E-state index in [2.05, 4.69) is 20.4 Å². The van der Waals surface area contributed by atoms with E-state index >= 15 is 0 Å². The first-order valence-corrected chi connectivity index (χ1v) is 8.36. The number of nitrogens with zero attached hydrogens (tertiary/aromatic N) is 2. The molecule has 0 atom stereocenters. The average molecular weight is 358 g/mol. The van der Waals surface area contributed by atoms with Crippen molar-refractivity contribution < 1.29 is 9.53 Å². The zero-order valence-electron chi connectivity index (χ0n) is 14.8. The Morgan fingerprint density at radius 3 is 2.60 bits per heavy atom. The molecule has 0 amide bonds. The van der Waals surface area contributed by atoms with Crippen molar-refractivity contribution in [1.29, 1.82) is 0 Å². The van der Waals surface area contributed by atoms with E-state index in [4.69, 9.17) is 17.0 Å². The molecule has 0 radical (unpaired) electrons. The summed E-state index contributed by atoms with van der Waals surface area (Å²) in [4.78, 5) is 11.8. The molecule has 0 unspecified atom stereocenters. The summed E-state index contributed by atoms with van der Waals surface area (Å²) in [5, 5.41) is 7.38. The van der Waals surface area contributed by atoms with Gasteiger partial charge in [0.15, 0.2) is 5.11 Å². The number of aryl methyl sites for hydroxylation is 1. The molecule has 1 aromatic heterocycles. The second-order valence-electron chi connectivity index (χ2n) is 5.38. The quantitative estimate of drug-likeness (QED) is 0.372. The molecule has 0 aliphatic rings. The Hall–Kier alpha value is -2.67. The normalized spacial score (nSPS) is 10.7. The molecule has 7 heteroatoms. The molecule has 0 saturated carbocycles. The van der Waals surface area contributed by atoms with Crippen LogP contribution in [0.5, 0.6) is 0 Å². The van der Waals surface area contributed by atoms with Gasteiger partial charge in [0.05, 0.1) is 18.4 Å². The summed E-state index contributed by atoms with van der Waals surface area (Å²) in [6, 6.07) is 9.39. The zero-order chi connectivity index (χ0) is 18.4. The van der Waals surface area contributed by atoms with E-state index < -0.39 is 0 Å². The van der Waals surface area contributed by atoms with Crippen molar-refractivity contribution in [3.63, 3.8) is 0 Å². The van der Waals surface area contributed by atoms with Crippen LogP contribution in [0.15, 0.2) is 35.4 Å². The highest BCUT2D eigenvalue weighted by atomic mass is 32.1. The van der Waals surface area contributed by atoms with Crippen molar-refractivity contribution in [2.24, 2.45) is 5.10 Å². The lowest BCUT2D eigenvalue weighted by Crippen LogP contribution is -2.28. The Bertz CT molecular complexity index is 794. The number of nitrogens with one attached hydrogen (secondary N) is 2. The first-order chi connectivity index (χ1) is 12.0. The van der Waals surface area contributed by atoms with Crippen LogP contribution < -0.4 is 10.7 Å². The SMILES string of the molecule is CCOC(=O)c1ccc(-n2c(C)cc(/C=N/NC(=S)NC)c2C)cc1. The largest absolute Gasteiger partial charge is 0.462 e. The van der Waals surface area contributed by atoms with E-state index in [1.54, 1.807) is 32.3 Å². The standard InChI is InChI=1S/C18H22N4O2S/c1-5-24-17(23)14-6-8-16(9-7-14)22-12(2)10-15(13(22)3)11-20-21-18(25)19-4/h6-11H,5H2,1-4H3,(H2,19,21,25)/b20-11+. The van der Waals surface area contributed by atoms with Crippen molar-refractivity contribution in [3.8, 4) is 5.69 Å². The lowest BCUT2D eigenvalue weighted by Gasteiger charge is -2.10. The molecule has 0 spiro atoms. The fourth-order valence-corrected chi connectivity index (χ4v) is 2.55. The molecular formula is C18H22N4O2S. The fourth-order valence-electron chi connectivity index (χ4n) is 2.49. The number of thiocarbonyl (C=S) groups is 1. The van der Waals surface area contributed by atoms with E-state index in [1.807, 2.05) is 32.0 Å². The predicted molar refractivity (Wildman–Crippen MR) is 104 cm³/mol. The van der Waals surface area contributed by atoms with Crippen LogP contribution in [0.2, 0.25) is 0 Å². The molecule has 1 aromatic carbocycles. The Morgan fingerprint density at radius 2 is 2.00 bits per heavy atom. The number of hydrogen-bond acceptors (Lipinski definition) is 4. The fraction of sp³-hybridized carbons (Fsp3) is 0.278. The number of aromatic nitrogens is 1. The Labute approximate surface area is 152 Å². The summed E-state index contributed by atoms with van der Waals surface area (Å²) < 4.78 is 7.12. The van der Waals surface area contributed by atoms with Crippen molar-refractivity contribution in [2.45, 2.75) is 20.8 Å². The van der Waals surface area contributed by atoms with E-state index in [0.29, 0.717) is 17.3 Å². The lowest BCUT2D eigenvalue weighted by molar-refractivity contribution is 0.0526. The van der Waals surface area contributed by atoms with Gasteiger partial charge in [-0.3, -0.25) is 5.43 Å². The molecule has 0 saturated heterocycles. The van der Waals surface area contributed by atoms with Gasteiger partial charge in [-0.2, -0.15) is 5.10 Å². The zero-order valence-corrected chi connectivity index (χ0v) is 15.6. The molecule has 2 rings (SSSR count). The van der Waals surface area contributed by atoms with Gasteiger partial charge in [-0.1, -0.05) is 0 Å². The first kappa shape index (κ1) is 18.7. The third kappa shape index (κ3) is 4.45. The maximum atomic E-state index is 11.8. The number of esters is 1. The highest BCUT2D eigenvalue weighted by Crippen LogP contribution is 2.20. The summed E-state index contributed by atoms with van der Waals surface area (Å²) in [6.07, 6.45) is 1.73. The molecule has 2 N–H and O–H groups in total. The maximum absolute atomic E-state index is 11.8. The molecule has 6 nitrogen and oxygen atoms in total. The Kier molecular flexibility index (Phi) is 6.30. The number of benzene rings is 1. The van der Waals surface area contributed by atoms with Crippen LogP contribution in [-0.4, -0.2) is 35.5 Å². The van der Waals surface area contributed by atoms with Gasteiger partial charge in [0, 0.05) is 29.7 Å². The average Bonchev–Trinajstić information content (AvgIpc) is 2.89. The monoisotopic (exact) mass is 358 g/mol. The summed E-state index contributed by atoms with van der Waals surface area (Å²) in [5.74, 6) is -0.311. The summed E-state index contributed by atoms with van der Waals surface area (Å²) in [5.41, 5.74) is 7.35. The van der Waals surface area contributed by atoms with Crippen LogP contribution in [0.3, 0.4) is 0 Å². The van der Waals surface area contributed by atoms with E-state index in [1.165, 1.54) is 0 Å². The van der Waals surface area contributed by atoms with Crippen molar-refractivity contribution in [2.75, 3.05) is 13.7 Å². The van der Waals surface area contributed by atoms with Crippen molar-refractivity contribution in [3.05, 3.63) is 52.8 Å². The predicted octanol–water partition coefficient (Wildman–Crippen LogP) is 2.70. The third-order valence-electron chi connectivity index (χ3n) is 3.70. The summed E-state index contributed by atoms with van der Waals surface area (Å²) in [6.45, 7) is 6.20. The number of rotatable bonds is 5. The second kappa shape index (κ2) is 8.43. The minimum atomic E-state index is -0.311. The molecule has 132 valence electrons. The third-order valence-corrected chi connectivity index (χ3v) is 4.00. The van der Waals surface area contributed by atoms with Crippen LogP contribution in [0.25, 0.3) is 5.69 Å². The second-order valence-corrected chi connectivity index (χ2v) is 5.79. The van der Waals surface area contributed by atoms with Crippen molar-refractivity contribution in [1.82, 2.24) is 15.3 Å². The number of hydrazone groups is 1. The minimum absolute atomic E-state index is 0.311. The van der Waals surface area contributed by atoms with Crippen LogP contribution in [0, 0.1) is 13.8 Å². The molecule has 2 aromatic rings. The van der Waals surface area contributed by atoms with Gasteiger partial charge >= 0.3 is 5.97 Å². The number of carbonyl (C=O) groups excluding carboxylic acids is 1. The highest BCUT2D eigenvalue weighted by molar-refractivity contribution is 7.80. The maximum Gasteiger partial charge on any atom is 0.338 e. The van der Waals surface area contributed by atoms with E-state index in [0.717, 1.165) is 22.6 Å². The molecule has 1 heterocycles. The van der Waals surface area contributed by atoms with E-state index in [9.17, 15) is 4.79 Å². The molecule has 0 fully saturated rings. The van der Waals surface area contributed by atoms with Gasteiger partial charge in [-0.15, -0.1) is 0 Å². The minimum Gasteiger partial charge on any atom is -0.462 e. The van der Waals surface area contributed by atoms with E-state index in [-0.39, 0.29) is 5.97 Å². The van der Waals surface area contributed by atoms with Crippen molar-refractivity contribution >= 4 is 29.5 Å². The van der Waals surface area contributed by atoms with Crippen LogP contribution in [0.1, 0.15) is 34.2 Å². The summed E-state index contributed by atoms with van der Waals surface area (Å²) >= 11 is 4.98. The smallest absolute Gasteiger partial charge is 0.338 e. The van der Waals surface area contributed by atoms with Gasteiger partial charge in [0.2, 0.25) is 0 Å². The Morgan fingerprint density at radius 1 is 1.32 bits per heavy atom. The molecule has 0 bridgehead atoms. The van der Waals surface area contributed by atoms with Gasteiger partial charge in [0.25, 0.3) is 0 Å². The van der Waals surface area contributed by atoms with Gasteiger partial charge < -0.3 is 14.6 Å². The number of carbonyl (C=O) groups is 1. The Balaban J connectivity index is 2.25. The molecule has 0 aliphatic carbocycles. The van der Waals surface area contributed by atoms with Crippen LogP contribution >= 0.6 is 12.2 Å². The number of ether oxygens (including phenoxy) is 1. The lowest BCUT2D eigenvalue weighted by atomic mass is 10.2. The van der Waals surface area contributed by atoms with Crippen LogP contribution in [0.4, 0.5) is 0 Å². The highest BCUT2D eigenvalue weighted by Gasteiger charge is 2.11. The summed E-state index contributed by atoms with van der Waals surface area (Å²) in [7, 11) is 1.73. The van der Waals surface area contributed by atoms with Gasteiger partial charge in [0.1, 0.15) is 0 Å². The molecule has 0 aliphatic heterocycles. The number of hydrogen-bond donors (Lipinski definition) is 2. The van der Waals surface area contributed by atoms with Gasteiger partial charge in [-0.05, 0) is 63.3 Å².